The highest BCUT2D eigenvalue weighted by Crippen LogP contribution is 1.98. The van der Waals surface area contributed by atoms with Crippen LogP contribution < -0.4 is 5.73 Å². The maximum Gasteiger partial charge on any atom is 0.223 e. The monoisotopic (exact) mass is 200 g/mol. The van der Waals surface area contributed by atoms with Crippen molar-refractivity contribution in [1.82, 2.24) is 4.90 Å². The maximum absolute atomic E-state index is 11.4. The van der Waals surface area contributed by atoms with Crippen LogP contribution in [0.5, 0.6) is 0 Å². The highest BCUT2D eigenvalue weighted by molar-refractivity contribution is 5.83. The van der Waals surface area contributed by atoms with E-state index < -0.39 is 5.91 Å². The van der Waals surface area contributed by atoms with Gasteiger partial charge in [0.15, 0.2) is 0 Å². The third kappa shape index (κ3) is 5.29. The summed E-state index contributed by atoms with van der Waals surface area (Å²) in [6.45, 7) is 2.54. The number of primary amides is 1. The van der Waals surface area contributed by atoms with Crippen molar-refractivity contribution in [2.24, 2.45) is 5.73 Å². The molecule has 2 N–H and O–H groups in total. The van der Waals surface area contributed by atoms with Gasteiger partial charge in [0.05, 0.1) is 6.54 Å². The molecule has 0 aliphatic heterocycles. The lowest BCUT2D eigenvalue weighted by molar-refractivity contribution is -0.134. The Morgan fingerprint density at radius 2 is 2.00 bits per heavy atom. The molecule has 0 rings (SSSR count). The number of amides is 2. The molecule has 0 atom stereocenters. The Morgan fingerprint density at radius 1 is 1.36 bits per heavy atom. The summed E-state index contributed by atoms with van der Waals surface area (Å²) < 4.78 is 0. The molecule has 0 fully saturated rings. The molecule has 80 valence electrons. The van der Waals surface area contributed by atoms with Gasteiger partial charge in [-0.15, -0.1) is 0 Å². The van der Waals surface area contributed by atoms with Gasteiger partial charge < -0.3 is 15.4 Å². The Kier molecular flexibility index (Phi) is 6.36. The van der Waals surface area contributed by atoms with Gasteiger partial charge in [-0.1, -0.05) is 6.92 Å². The Morgan fingerprint density at radius 3 is 2.43 bits per heavy atom. The van der Waals surface area contributed by atoms with Crippen molar-refractivity contribution in [3.8, 4) is 0 Å². The molecular weight excluding hydrogens is 184 g/mol. The lowest BCUT2D eigenvalue weighted by Gasteiger charge is -2.18. The number of rotatable bonds is 7. The zero-order valence-corrected chi connectivity index (χ0v) is 8.36. The molecule has 0 aliphatic rings. The summed E-state index contributed by atoms with van der Waals surface area (Å²) in [5.74, 6) is -0.696. The number of carbonyl (C=O) groups excluding carboxylic acids is 3. The Labute approximate surface area is 83.2 Å². The molecule has 0 spiro atoms. The van der Waals surface area contributed by atoms with Crippen LogP contribution in [0.3, 0.4) is 0 Å². The highest BCUT2D eigenvalue weighted by atomic mass is 16.2. The number of nitrogens with two attached hydrogens (primary N) is 1. The van der Waals surface area contributed by atoms with Gasteiger partial charge in [0, 0.05) is 19.4 Å². The molecule has 14 heavy (non-hydrogen) atoms. The number of hydrogen-bond acceptors (Lipinski definition) is 3. The van der Waals surface area contributed by atoms with E-state index in [2.05, 4.69) is 0 Å². The van der Waals surface area contributed by atoms with Crippen molar-refractivity contribution in [2.45, 2.75) is 26.2 Å². The minimum atomic E-state index is -0.499. The lowest BCUT2D eigenvalue weighted by Crippen LogP contribution is -2.33. The van der Waals surface area contributed by atoms with Crippen LogP contribution in [0.25, 0.3) is 0 Å². The van der Waals surface area contributed by atoms with Crippen LogP contribution in [-0.4, -0.2) is 36.1 Å². The van der Waals surface area contributed by atoms with E-state index in [-0.39, 0.29) is 25.3 Å². The van der Waals surface area contributed by atoms with Crippen LogP contribution in [0.4, 0.5) is 0 Å². The first-order chi connectivity index (χ1) is 6.61. The van der Waals surface area contributed by atoms with Crippen LogP contribution in [0.1, 0.15) is 26.2 Å². The predicted molar refractivity (Wildman–Crippen MR) is 51.4 cm³/mol. The highest BCUT2D eigenvalue weighted by Gasteiger charge is 2.12. The molecule has 5 heteroatoms. The second-order valence-corrected chi connectivity index (χ2v) is 2.97. The first-order valence-corrected chi connectivity index (χ1v) is 4.61. The number of aldehydes is 1. The summed E-state index contributed by atoms with van der Waals surface area (Å²) in [5.41, 5.74) is 4.91. The van der Waals surface area contributed by atoms with Crippen molar-refractivity contribution in [2.75, 3.05) is 13.1 Å². The van der Waals surface area contributed by atoms with Gasteiger partial charge >= 0.3 is 0 Å². The summed E-state index contributed by atoms with van der Waals surface area (Å²) in [5, 5.41) is 0. The van der Waals surface area contributed by atoms with E-state index in [1.807, 2.05) is 6.92 Å². The van der Waals surface area contributed by atoms with Gasteiger partial charge in [0.1, 0.15) is 6.29 Å². The fourth-order valence-corrected chi connectivity index (χ4v) is 1.07. The first kappa shape index (κ1) is 12.6. The fraction of sp³-hybridized carbons (Fsp3) is 0.667. The standard InChI is InChI=1S/C9H16N2O3/c1-2-5-11(6-7-12)9(14)4-3-8(10)13/h7H,2-6H2,1H3,(H2,10,13). The van der Waals surface area contributed by atoms with Crippen LogP contribution >= 0.6 is 0 Å². The van der Waals surface area contributed by atoms with Crippen molar-refractivity contribution in [1.29, 1.82) is 0 Å². The van der Waals surface area contributed by atoms with Crippen molar-refractivity contribution in [3.63, 3.8) is 0 Å². The van der Waals surface area contributed by atoms with E-state index in [1.54, 1.807) is 0 Å². The van der Waals surface area contributed by atoms with Gasteiger partial charge in [-0.25, -0.2) is 0 Å². The molecule has 0 saturated heterocycles. The Balaban J connectivity index is 4.00. The van der Waals surface area contributed by atoms with E-state index in [0.29, 0.717) is 12.8 Å². The Hall–Kier alpha value is -1.39. The summed E-state index contributed by atoms with van der Waals surface area (Å²) in [6.07, 6.45) is 1.59. The molecular formula is C9H16N2O3. The normalized spacial score (nSPS) is 9.50. The van der Waals surface area contributed by atoms with Crippen molar-refractivity contribution >= 4 is 18.1 Å². The van der Waals surface area contributed by atoms with Crippen LogP contribution in [0, 0.1) is 0 Å². The largest absolute Gasteiger partial charge is 0.370 e. The molecule has 0 heterocycles. The first-order valence-electron chi connectivity index (χ1n) is 4.61. The lowest BCUT2D eigenvalue weighted by atomic mass is 10.2. The van der Waals surface area contributed by atoms with E-state index in [9.17, 15) is 14.4 Å². The van der Waals surface area contributed by atoms with Gasteiger partial charge in [-0.3, -0.25) is 9.59 Å². The topological polar surface area (TPSA) is 80.5 Å². The average Bonchev–Trinajstić information content (AvgIpc) is 2.14. The number of hydrogen-bond donors (Lipinski definition) is 1. The third-order valence-corrected chi connectivity index (χ3v) is 1.73. The van der Waals surface area contributed by atoms with Crippen molar-refractivity contribution < 1.29 is 14.4 Å². The minimum Gasteiger partial charge on any atom is -0.370 e. The van der Waals surface area contributed by atoms with Gasteiger partial charge in [0.25, 0.3) is 0 Å². The predicted octanol–water partition coefficient (Wildman–Crippen LogP) is -0.311. The van der Waals surface area contributed by atoms with E-state index in [0.717, 1.165) is 6.42 Å². The number of carbonyl (C=O) groups is 3. The molecule has 0 aromatic heterocycles. The summed E-state index contributed by atoms with van der Waals surface area (Å²) in [6, 6.07) is 0. The maximum atomic E-state index is 11.4. The summed E-state index contributed by atoms with van der Waals surface area (Å²) in [4.78, 5) is 33.5. The molecule has 0 bridgehead atoms. The summed E-state index contributed by atoms with van der Waals surface area (Å²) >= 11 is 0. The molecule has 0 aromatic carbocycles. The van der Waals surface area contributed by atoms with Crippen LogP contribution in [0.15, 0.2) is 0 Å². The molecule has 0 saturated carbocycles. The summed E-state index contributed by atoms with van der Waals surface area (Å²) in [7, 11) is 0. The van der Waals surface area contributed by atoms with E-state index in [1.165, 1.54) is 4.90 Å². The van der Waals surface area contributed by atoms with Gasteiger partial charge in [-0.2, -0.15) is 0 Å². The van der Waals surface area contributed by atoms with Crippen LogP contribution in [-0.2, 0) is 14.4 Å². The smallest absolute Gasteiger partial charge is 0.223 e. The second kappa shape index (κ2) is 7.06. The van der Waals surface area contributed by atoms with Gasteiger partial charge in [-0.05, 0) is 6.42 Å². The molecule has 0 unspecified atom stereocenters. The molecule has 0 aromatic rings. The SMILES string of the molecule is CCCN(CC=O)C(=O)CCC(N)=O. The fourth-order valence-electron chi connectivity index (χ4n) is 1.07. The molecule has 5 nitrogen and oxygen atoms in total. The van der Waals surface area contributed by atoms with E-state index >= 15 is 0 Å². The van der Waals surface area contributed by atoms with E-state index in [4.69, 9.17) is 5.73 Å². The zero-order valence-electron chi connectivity index (χ0n) is 8.36. The molecule has 2 amide bonds. The number of nitrogens with zero attached hydrogens (tertiary/aromatic N) is 1. The second-order valence-electron chi connectivity index (χ2n) is 2.97. The third-order valence-electron chi connectivity index (χ3n) is 1.73. The van der Waals surface area contributed by atoms with Crippen LogP contribution in [0.2, 0.25) is 0 Å². The molecule has 0 aliphatic carbocycles. The van der Waals surface area contributed by atoms with Gasteiger partial charge in [0.2, 0.25) is 11.8 Å². The Bertz CT molecular complexity index is 216. The molecule has 0 radical (unpaired) electrons. The van der Waals surface area contributed by atoms with Crippen molar-refractivity contribution in [3.05, 3.63) is 0 Å². The zero-order chi connectivity index (χ0) is 11.0. The average molecular weight is 200 g/mol. The quantitative estimate of drug-likeness (QED) is 0.572. The minimum absolute atomic E-state index is 0.0396.